The summed E-state index contributed by atoms with van der Waals surface area (Å²) in [5.41, 5.74) is 2.24. The third kappa shape index (κ3) is 3.45. The van der Waals surface area contributed by atoms with Crippen LogP contribution in [0.4, 0.5) is 0 Å². The van der Waals surface area contributed by atoms with E-state index in [-0.39, 0.29) is 51.5 Å². The molecule has 7 heteroatoms. The minimum atomic E-state index is -0.832. The normalized spacial score (nSPS) is 14.3. The molecule has 0 bridgehead atoms. The molecule has 4 rings (SSSR count). The van der Waals surface area contributed by atoms with Crippen molar-refractivity contribution in [3.8, 4) is 40.1 Å². The van der Waals surface area contributed by atoms with Crippen LogP contribution in [0.25, 0.3) is 22.3 Å². The van der Waals surface area contributed by atoms with Gasteiger partial charge >= 0.3 is 0 Å². The zero-order valence-corrected chi connectivity index (χ0v) is 18.2. The third-order valence-electron chi connectivity index (χ3n) is 5.32. The maximum absolute atomic E-state index is 13.6. The predicted octanol–water partition coefficient (Wildman–Crippen LogP) is 5.19. The number of hydrogen-bond acceptors (Lipinski definition) is 7. The van der Waals surface area contributed by atoms with Crippen LogP contribution in [0, 0.1) is 0 Å². The Morgan fingerprint density at radius 1 is 0.938 bits per heavy atom. The van der Waals surface area contributed by atoms with Crippen LogP contribution in [0.5, 0.6) is 28.7 Å². The number of allylic oxidation sites excluding steroid dienone is 3. The lowest BCUT2D eigenvalue weighted by Gasteiger charge is -2.26. The molecule has 0 aliphatic carbocycles. The largest absolute Gasteiger partial charge is 0.507 e. The Kier molecular flexibility index (Phi) is 5.12. The second-order valence-electron chi connectivity index (χ2n) is 8.38. The summed E-state index contributed by atoms with van der Waals surface area (Å²) in [6, 6.07) is 3.65. The molecule has 2 heterocycles. The Hall–Kier alpha value is -3.87. The number of phenols is 4. The topological polar surface area (TPSA) is 120 Å². The number of rotatable bonds is 3. The van der Waals surface area contributed by atoms with Crippen molar-refractivity contribution in [1.29, 1.82) is 0 Å². The van der Waals surface area contributed by atoms with Gasteiger partial charge in [0, 0.05) is 17.7 Å². The van der Waals surface area contributed by atoms with E-state index in [2.05, 4.69) is 0 Å². The molecule has 0 fully saturated rings. The highest BCUT2D eigenvalue weighted by molar-refractivity contribution is 5.91. The van der Waals surface area contributed by atoms with Gasteiger partial charge in [-0.05, 0) is 46.3 Å². The summed E-state index contributed by atoms with van der Waals surface area (Å²) in [7, 11) is 0. The van der Waals surface area contributed by atoms with Gasteiger partial charge in [0.2, 0.25) is 5.43 Å². The summed E-state index contributed by atoms with van der Waals surface area (Å²) in [5.74, 6) is -0.989. The Labute approximate surface area is 184 Å². The molecule has 0 amide bonds. The van der Waals surface area contributed by atoms with Crippen molar-refractivity contribution in [3.05, 3.63) is 62.8 Å². The molecule has 2 aromatic carbocycles. The highest BCUT2D eigenvalue weighted by Gasteiger charge is 2.33. The van der Waals surface area contributed by atoms with E-state index in [1.165, 1.54) is 12.1 Å². The van der Waals surface area contributed by atoms with Crippen molar-refractivity contribution in [2.24, 2.45) is 0 Å². The molecule has 1 aliphatic rings. The van der Waals surface area contributed by atoms with Crippen molar-refractivity contribution in [2.75, 3.05) is 0 Å². The first-order chi connectivity index (χ1) is 15.1. The van der Waals surface area contributed by atoms with Crippen LogP contribution < -0.4 is 10.2 Å². The van der Waals surface area contributed by atoms with Gasteiger partial charge in [0.15, 0.2) is 11.5 Å². The number of ether oxygens (including phenoxy) is 1. The highest BCUT2D eigenvalue weighted by atomic mass is 16.5. The number of hydrogen-bond donors (Lipinski definition) is 4. The fourth-order valence-corrected chi connectivity index (χ4v) is 3.81. The molecule has 4 N–H and O–H groups in total. The average Bonchev–Trinajstić information content (AvgIpc) is 2.68. The molecule has 0 radical (unpaired) electrons. The standard InChI is InChI=1S/C25H24O7/c1-11(2)5-6-13-15(26)9-18(29)21-23(30)22-20(7-12(3)4)31-19-10-17(28)16(27)8-14(19)25(22)32-24(13)21/h5,7-10,20,26-29H,6H2,1-4H3. The first kappa shape index (κ1) is 21.4. The summed E-state index contributed by atoms with van der Waals surface area (Å²) in [6.07, 6.45) is 3.06. The lowest BCUT2D eigenvalue weighted by Crippen LogP contribution is -2.22. The van der Waals surface area contributed by atoms with E-state index < -0.39 is 23.0 Å². The van der Waals surface area contributed by atoms with Gasteiger partial charge in [-0.25, -0.2) is 0 Å². The quantitative estimate of drug-likeness (QED) is 0.329. The van der Waals surface area contributed by atoms with E-state index in [9.17, 15) is 25.2 Å². The summed E-state index contributed by atoms with van der Waals surface area (Å²) in [4.78, 5) is 13.6. The molecule has 7 nitrogen and oxygen atoms in total. The smallest absolute Gasteiger partial charge is 0.204 e. The predicted molar refractivity (Wildman–Crippen MR) is 121 cm³/mol. The lowest BCUT2D eigenvalue weighted by molar-refractivity contribution is 0.243. The van der Waals surface area contributed by atoms with Crippen LogP contribution >= 0.6 is 0 Å². The zero-order chi connectivity index (χ0) is 23.3. The molecule has 0 spiro atoms. The fourth-order valence-electron chi connectivity index (χ4n) is 3.81. The SMILES string of the molecule is CC(C)=CCc1c(O)cc(O)c2c(=O)c3c(oc12)-c1cc(O)c(O)cc1OC3C=C(C)C. The van der Waals surface area contributed by atoms with E-state index in [1.54, 1.807) is 6.08 Å². The zero-order valence-electron chi connectivity index (χ0n) is 18.2. The maximum atomic E-state index is 13.6. The molecule has 1 atom stereocenters. The highest BCUT2D eigenvalue weighted by Crippen LogP contribution is 2.48. The molecular weight excluding hydrogens is 412 g/mol. The number of fused-ring (bicyclic) bond motifs is 4. The summed E-state index contributed by atoms with van der Waals surface area (Å²) in [6.45, 7) is 7.51. The molecular formula is C25H24O7. The van der Waals surface area contributed by atoms with Gasteiger partial charge in [0.25, 0.3) is 0 Å². The number of aromatic hydroxyl groups is 4. The summed E-state index contributed by atoms with van der Waals surface area (Å²) in [5, 5.41) is 41.0. The minimum absolute atomic E-state index is 0.0547. The van der Waals surface area contributed by atoms with Crippen molar-refractivity contribution in [3.63, 3.8) is 0 Å². The first-order valence-corrected chi connectivity index (χ1v) is 10.1. The van der Waals surface area contributed by atoms with Gasteiger partial charge in [0.1, 0.15) is 40.1 Å². The van der Waals surface area contributed by atoms with Crippen LogP contribution in [0.2, 0.25) is 0 Å². The van der Waals surface area contributed by atoms with Crippen LogP contribution in [-0.2, 0) is 6.42 Å². The van der Waals surface area contributed by atoms with Crippen LogP contribution in [0.3, 0.4) is 0 Å². The van der Waals surface area contributed by atoms with Crippen LogP contribution in [0.1, 0.15) is 44.9 Å². The van der Waals surface area contributed by atoms with Gasteiger partial charge in [-0.15, -0.1) is 0 Å². The molecule has 32 heavy (non-hydrogen) atoms. The molecule has 1 unspecified atom stereocenters. The monoisotopic (exact) mass is 436 g/mol. The molecule has 1 aromatic heterocycles. The Morgan fingerprint density at radius 2 is 1.62 bits per heavy atom. The Bertz CT molecular complexity index is 1370. The van der Waals surface area contributed by atoms with Crippen molar-refractivity contribution < 1.29 is 29.6 Å². The molecule has 1 aliphatic heterocycles. The van der Waals surface area contributed by atoms with E-state index in [4.69, 9.17) is 9.15 Å². The van der Waals surface area contributed by atoms with E-state index in [0.29, 0.717) is 5.56 Å². The van der Waals surface area contributed by atoms with Crippen molar-refractivity contribution >= 4 is 11.0 Å². The van der Waals surface area contributed by atoms with Gasteiger partial charge in [-0.2, -0.15) is 0 Å². The van der Waals surface area contributed by atoms with Gasteiger partial charge < -0.3 is 29.6 Å². The lowest BCUT2D eigenvalue weighted by atomic mass is 9.94. The van der Waals surface area contributed by atoms with Crippen LogP contribution in [-0.4, -0.2) is 20.4 Å². The van der Waals surface area contributed by atoms with Gasteiger partial charge in [-0.3, -0.25) is 4.79 Å². The molecule has 166 valence electrons. The molecule has 0 saturated heterocycles. The second kappa shape index (κ2) is 7.67. The fraction of sp³-hybridized carbons (Fsp3) is 0.240. The minimum Gasteiger partial charge on any atom is -0.507 e. The van der Waals surface area contributed by atoms with E-state index >= 15 is 0 Å². The van der Waals surface area contributed by atoms with E-state index in [1.807, 2.05) is 33.8 Å². The summed E-state index contributed by atoms with van der Waals surface area (Å²) >= 11 is 0. The molecule has 0 saturated carbocycles. The Balaban J connectivity index is 2.15. The van der Waals surface area contributed by atoms with Crippen molar-refractivity contribution in [1.82, 2.24) is 0 Å². The average molecular weight is 436 g/mol. The third-order valence-corrected chi connectivity index (χ3v) is 5.32. The maximum Gasteiger partial charge on any atom is 0.204 e. The van der Waals surface area contributed by atoms with Gasteiger partial charge in [-0.1, -0.05) is 17.2 Å². The van der Waals surface area contributed by atoms with Crippen LogP contribution in [0.15, 0.2) is 50.7 Å². The van der Waals surface area contributed by atoms with Crippen molar-refractivity contribution in [2.45, 2.75) is 40.2 Å². The molecule has 3 aromatic rings. The second-order valence-corrected chi connectivity index (χ2v) is 8.38. The van der Waals surface area contributed by atoms with Gasteiger partial charge in [0.05, 0.1) is 11.1 Å². The number of benzene rings is 2. The van der Waals surface area contributed by atoms with E-state index in [0.717, 1.165) is 17.2 Å². The Morgan fingerprint density at radius 3 is 2.28 bits per heavy atom. The first-order valence-electron chi connectivity index (χ1n) is 10.1. The number of phenolic OH excluding ortho intramolecular Hbond substituents is 4. The summed E-state index contributed by atoms with van der Waals surface area (Å²) < 4.78 is 12.1.